The lowest BCUT2D eigenvalue weighted by atomic mass is 9.74. The Bertz CT molecular complexity index is 541. The number of carbonyl (C=O) groups excluding carboxylic acids is 1. The van der Waals surface area contributed by atoms with Crippen molar-refractivity contribution < 1.29 is 23.4 Å². The zero-order chi connectivity index (χ0) is 16.1. The van der Waals surface area contributed by atoms with Gasteiger partial charge in [0.15, 0.2) is 20.0 Å². The van der Waals surface area contributed by atoms with Crippen molar-refractivity contribution in [2.45, 2.75) is 81.8 Å². The molecule has 6 atom stereocenters. The van der Waals surface area contributed by atoms with Crippen LogP contribution in [0.1, 0.15) is 34.1 Å². The van der Waals surface area contributed by atoms with Crippen molar-refractivity contribution in [3.8, 4) is 0 Å². The largest absolute Gasteiger partial charge is 0.456 e. The summed E-state index contributed by atoms with van der Waals surface area (Å²) < 4.78 is 24.1. The van der Waals surface area contributed by atoms with Crippen molar-refractivity contribution in [1.29, 1.82) is 0 Å². The lowest BCUT2D eigenvalue weighted by Crippen LogP contribution is -2.51. The molecule has 0 aliphatic carbocycles. The smallest absolute Gasteiger partial charge is 0.312 e. The van der Waals surface area contributed by atoms with Crippen molar-refractivity contribution in [1.82, 2.24) is 0 Å². The number of ether oxygens (including phenoxy) is 3. The number of rotatable bonds is 3. The highest BCUT2D eigenvalue weighted by molar-refractivity contribution is 6.74. The fourth-order valence-corrected chi connectivity index (χ4v) is 5.15. The van der Waals surface area contributed by atoms with Gasteiger partial charge >= 0.3 is 5.97 Å². The Morgan fingerprint density at radius 1 is 1.32 bits per heavy atom. The molecule has 4 saturated heterocycles. The molecule has 0 amide bonds. The Labute approximate surface area is 132 Å². The van der Waals surface area contributed by atoms with E-state index in [9.17, 15) is 4.79 Å². The molecule has 4 aliphatic rings. The van der Waals surface area contributed by atoms with Crippen LogP contribution in [-0.2, 0) is 23.4 Å². The maximum absolute atomic E-state index is 12.3. The summed E-state index contributed by atoms with van der Waals surface area (Å²) in [6, 6.07) is 0. The first-order valence-electron chi connectivity index (χ1n) is 8.21. The summed E-state index contributed by atoms with van der Waals surface area (Å²) >= 11 is 0. The number of hydrogen-bond donors (Lipinski definition) is 0. The minimum Gasteiger partial charge on any atom is -0.456 e. The second-order valence-corrected chi connectivity index (χ2v) is 13.8. The van der Waals surface area contributed by atoms with Crippen molar-refractivity contribution >= 4 is 14.3 Å². The van der Waals surface area contributed by atoms with E-state index in [-0.39, 0.29) is 40.8 Å². The van der Waals surface area contributed by atoms with E-state index in [1.165, 1.54) is 0 Å². The van der Waals surface area contributed by atoms with Gasteiger partial charge in [0, 0.05) is 0 Å². The van der Waals surface area contributed by atoms with Gasteiger partial charge < -0.3 is 18.6 Å². The summed E-state index contributed by atoms with van der Waals surface area (Å²) in [5.74, 6) is -0.323. The van der Waals surface area contributed by atoms with Gasteiger partial charge in [-0.1, -0.05) is 20.8 Å². The van der Waals surface area contributed by atoms with Crippen LogP contribution in [0.3, 0.4) is 0 Å². The van der Waals surface area contributed by atoms with Gasteiger partial charge in [-0.3, -0.25) is 4.79 Å². The third-order valence-electron chi connectivity index (χ3n) is 6.55. The maximum Gasteiger partial charge on any atom is 0.312 e. The van der Waals surface area contributed by atoms with Gasteiger partial charge in [0.1, 0.15) is 12.2 Å². The van der Waals surface area contributed by atoms with Crippen LogP contribution in [0.4, 0.5) is 0 Å². The Hall–Kier alpha value is -0.433. The molecule has 124 valence electrons. The van der Waals surface area contributed by atoms with E-state index < -0.39 is 13.9 Å². The van der Waals surface area contributed by atoms with Gasteiger partial charge in [-0.25, -0.2) is 0 Å². The van der Waals surface area contributed by atoms with E-state index in [4.69, 9.17) is 18.6 Å². The molecule has 4 aliphatic heterocycles. The van der Waals surface area contributed by atoms with Gasteiger partial charge in [-0.05, 0) is 31.5 Å². The maximum atomic E-state index is 12.3. The van der Waals surface area contributed by atoms with E-state index in [0.717, 1.165) is 0 Å². The molecule has 4 rings (SSSR count). The molecule has 0 aromatic carbocycles. The molecule has 1 spiro atoms. The second-order valence-electron chi connectivity index (χ2n) is 9.00. The van der Waals surface area contributed by atoms with Gasteiger partial charge in [-0.2, -0.15) is 0 Å². The Morgan fingerprint density at radius 3 is 2.59 bits per heavy atom. The van der Waals surface area contributed by atoms with Crippen molar-refractivity contribution in [2.24, 2.45) is 5.92 Å². The van der Waals surface area contributed by atoms with Crippen molar-refractivity contribution in [3.05, 3.63) is 0 Å². The predicted octanol–water partition coefficient (Wildman–Crippen LogP) is 2.25. The van der Waals surface area contributed by atoms with Crippen molar-refractivity contribution in [3.63, 3.8) is 0 Å². The number of esters is 1. The molecule has 4 fully saturated rings. The number of hydrogen-bond acceptors (Lipinski definition) is 5. The molecule has 2 bridgehead atoms. The van der Waals surface area contributed by atoms with E-state index in [2.05, 4.69) is 40.8 Å². The van der Waals surface area contributed by atoms with Crippen molar-refractivity contribution in [2.75, 3.05) is 6.61 Å². The standard InChI is InChI=1S/C16H26O5Si/c1-14(2,3)22(5,6)18-8-10-16-9(13(17)19-10)7-15(4,21-16)11-12(16)20-11/h9-12H,7-8H2,1-6H3/t9-,10+,11+,12-,15-,16-/m0/s1. The zero-order valence-corrected chi connectivity index (χ0v) is 15.3. The van der Waals surface area contributed by atoms with Gasteiger partial charge in [0.2, 0.25) is 0 Å². The lowest BCUT2D eigenvalue weighted by Gasteiger charge is -2.38. The molecular formula is C16H26O5Si. The monoisotopic (exact) mass is 326 g/mol. The summed E-state index contributed by atoms with van der Waals surface area (Å²) in [5.41, 5.74) is -0.914. The van der Waals surface area contributed by atoms with Gasteiger partial charge in [-0.15, -0.1) is 0 Å². The molecule has 0 N–H and O–H groups in total. The summed E-state index contributed by atoms with van der Waals surface area (Å²) in [6.45, 7) is 13.5. The third-order valence-corrected chi connectivity index (χ3v) is 11.1. The highest BCUT2D eigenvalue weighted by atomic mass is 28.4. The molecule has 0 radical (unpaired) electrons. The van der Waals surface area contributed by atoms with Crippen LogP contribution in [0.15, 0.2) is 0 Å². The third kappa shape index (κ3) is 1.67. The van der Waals surface area contributed by atoms with E-state index in [1.54, 1.807) is 0 Å². The summed E-state index contributed by atoms with van der Waals surface area (Å²) in [4.78, 5) is 12.3. The lowest BCUT2D eigenvalue weighted by molar-refractivity contribution is -0.161. The predicted molar refractivity (Wildman–Crippen MR) is 82.0 cm³/mol. The first kappa shape index (κ1) is 15.1. The van der Waals surface area contributed by atoms with Crippen LogP contribution in [0, 0.1) is 5.92 Å². The van der Waals surface area contributed by atoms with Crippen LogP contribution < -0.4 is 0 Å². The molecule has 6 heteroatoms. The fraction of sp³-hybridized carbons (Fsp3) is 0.938. The zero-order valence-electron chi connectivity index (χ0n) is 14.3. The van der Waals surface area contributed by atoms with Crippen LogP contribution in [0.25, 0.3) is 0 Å². The van der Waals surface area contributed by atoms with E-state index >= 15 is 0 Å². The number of cyclic esters (lactones) is 1. The minimum absolute atomic E-state index is 0.00992. The second kappa shape index (κ2) is 3.96. The van der Waals surface area contributed by atoms with Crippen LogP contribution in [-0.4, -0.2) is 50.4 Å². The SMILES string of the molecule is CC(C)(C)[Si](C)(C)OC[C@H]1OC(=O)[C@@H]2C[C@]3(C)O[C@]12[C@H]1O[C@H]13. The molecule has 0 aromatic rings. The summed E-state index contributed by atoms with van der Waals surface area (Å²) in [6.07, 6.45) is 0.520. The normalized spacial score (nSPS) is 49.1. The Balaban J connectivity index is 1.56. The van der Waals surface area contributed by atoms with Crippen LogP contribution in [0.5, 0.6) is 0 Å². The molecule has 22 heavy (non-hydrogen) atoms. The Kier molecular flexibility index (Phi) is 2.72. The molecule has 0 unspecified atom stereocenters. The molecule has 0 saturated carbocycles. The number of fused-ring (bicyclic) bond motifs is 3. The fourth-order valence-electron chi connectivity index (χ4n) is 4.15. The van der Waals surface area contributed by atoms with E-state index in [1.807, 2.05) is 0 Å². The first-order valence-corrected chi connectivity index (χ1v) is 11.1. The Morgan fingerprint density at radius 2 is 2.00 bits per heavy atom. The average molecular weight is 326 g/mol. The summed E-state index contributed by atoms with van der Waals surface area (Å²) in [7, 11) is -1.89. The average Bonchev–Trinajstić information content (AvgIpc) is 3.02. The number of carbonyl (C=O) groups is 1. The van der Waals surface area contributed by atoms with Crippen LogP contribution >= 0.6 is 0 Å². The highest BCUT2D eigenvalue weighted by Gasteiger charge is 2.85. The first-order chi connectivity index (χ1) is 10.0. The highest BCUT2D eigenvalue weighted by Crippen LogP contribution is 2.67. The minimum atomic E-state index is -1.89. The molecule has 5 nitrogen and oxygen atoms in total. The topological polar surface area (TPSA) is 57.3 Å². The van der Waals surface area contributed by atoms with Gasteiger partial charge in [0.25, 0.3) is 0 Å². The van der Waals surface area contributed by atoms with Crippen LogP contribution in [0.2, 0.25) is 18.1 Å². The van der Waals surface area contributed by atoms with E-state index in [0.29, 0.717) is 13.0 Å². The molecular weight excluding hydrogens is 300 g/mol. The van der Waals surface area contributed by atoms with Gasteiger partial charge in [0.05, 0.1) is 18.1 Å². The summed E-state index contributed by atoms with van der Waals surface area (Å²) in [5, 5.41) is 0.131. The molecule has 0 aromatic heterocycles. The number of epoxide rings is 1. The quantitative estimate of drug-likeness (QED) is 0.452. The molecule has 4 heterocycles.